The maximum atomic E-state index is 11.3. The van der Waals surface area contributed by atoms with Crippen molar-refractivity contribution in [1.82, 2.24) is 5.32 Å². The molecule has 0 aliphatic carbocycles. The van der Waals surface area contributed by atoms with Crippen molar-refractivity contribution in [3.8, 4) is 0 Å². The van der Waals surface area contributed by atoms with Crippen molar-refractivity contribution < 1.29 is 9.53 Å². The van der Waals surface area contributed by atoms with Gasteiger partial charge >= 0.3 is 0 Å². The van der Waals surface area contributed by atoms with Crippen molar-refractivity contribution in [3.63, 3.8) is 0 Å². The first kappa shape index (κ1) is 13.7. The van der Waals surface area contributed by atoms with Gasteiger partial charge in [0.15, 0.2) is 0 Å². The van der Waals surface area contributed by atoms with Crippen LogP contribution in [0.1, 0.15) is 31.9 Å². The van der Waals surface area contributed by atoms with E-state index in [1.807, 2.05) is 12.1 Å². The van der Waals surface area contributed by atoms with E-state index in [-0.39, 0.29) is 17.9 Å². The summed E-state index contributed by atoms with van der Waals surface area (Å²) in [5, 5.41) is 2.81. The number of hydrogen-bond acceptors (Lipinski definition) is 2. The summed E-state index contributed by atoms with van der Waals surface area (Å²) >= 11 is 0. The number of amides is 1. The maximum Gasteiger partial charge on any atom is 0.246 e. The molecule has 0 aliphatic rings. The van der Waals surface area contributed by atoms with Gasteiger partial charge in [-0.2, -0.15) is 0 Å². The zero-order valence-electron chi connectivity index (χ0n) is 11.0. The molecule has 0 heterocycles. The Kier molecular flexibility index (Phi) is 4.70. The number of benzene rings is 1. The number of carbonyl (C=O) groups is 1. The van der Waals surface area contributed by atoms with Crippen molar-refractivity contribution in [2.75, 3.05) is 13.7 Å². The average molecular weight is 235 g/mol. The molecule has 0 atom stereocenters. The fourth-order valence-electron chi connectivity index (χ4n) is 1.53. The highest BCUT2D eigenvalue weighted by molar-refractivity contribution is 5.77. The van der Waals surface area contributed by atoms with Crippen LogP contribution in [0.2, 0.25) is 0 Å². The third-order valence-corrected chi connectivity index (χ3v) is 2.56. The van der Waals surface area contributed by atoms with Gasteiger partial charge in [0, 0.05) is 13.7 Å². The minimum Gasteiger partial charge on any atom is -0.375 e. The van der Waals surface area contributed by atoms with Gasteiger partial charge in [-0.1, -0.05) is 45.0 Å². The van der Waals surface area contributed by atoms with Crippen LogP contribution in [-0.2, 0) is 21.5 Å². The smallest absolute Gasteiger partial charge is 0.246 e. The minimum absolute atomic E-state index is 0.0892. The molecule has 1 amide bonds. The summed E-state index contributed by atoms with van der Waals surface area (Å²) in [6.07, 6.45) is 0. The Labute approximate surface area is 103 Å². The molecule has 1 aromatic carbocycles. The van der Waals surface area contributed by atoms with Crippen molar-refractivity contribution in [1.29, 1.82) is 0 Å². The van der Waals surface area contributed by atoms with Crippen LogP contribution in [0.15, 0.2) is 24.3 Å². The number of ether oxygens (including phenoxy) is 1. The summed E-state index contributed by atoms with van der Waals surface area (Å²) in [4.78, 5) is 11.3. The molecule has 1 rings (SSSR count). The lowest BCUT2D eigenvalue weighted by Crippen LogP contribution is -2.26. The number of nitrogens with one attached hydrogen (secondary N) is 1. The second kappa shape index (κ2) is 5.82. The zero-order chi connectivity index (χ0) is 12.9. The number of methoxy groups -OCH3 is 1. The van der Waals surface area contributed by atoms with Crippen molar-refractivity contribution in [2.45, 2.75) is 32.7 Å². The number of rotatable bonds is 4. The summed E-state index contributed by atoms with van der Waals surface area (Å²) in [5.74, 6) is -0.0892. The second-order valence-corrected chi connectivity index (χ2v) is 5.16. The summed E-state index contributed by atoms with van der Waals surface area (Å²) in [7, 11) is 1.51. The molecule has 1 aromatic rings. The molecule has 0 radical (unpaired) electrons. The summed E-state index contributed by atoms with van der Waals surface area (Å²) in [6, 6.07) is 8.29. The van der Waals surface area contributed by atoms with Crippen molar-refractivity contribution in [3.05, 3.63) is 35.4 Å². The lowest BCUT2D eigenvalue weighted by atomic mass is 9.86. The standard InChI is InChI=1S/C14H21NO2/c1-14(2,3)12-7-5-6-11(8-12)9-15-13(16)10-17-4/h5-8H,9-10H2,1-4H3,(H,15,16). The van der Waals surface area contributed by atoms with Crippen LogP contribution < -0.4 is 5.32 Å². The van der Waals surface area contributed by atoms with E-state index < -0.39 is 0 Å². The molecule has 0 bridgehead atoms. The van der Waals surface area contributed by atoms with Crippen LogP contribution in [0.5, 0.6) is 0 Å². The van der Waals surface area contributed by atoms with Crippen molar-refractivity contribution >= 4 is 5.91 Å². The monoisotopic (exact) mass is 235 g/mol. The Hall–Kier alpha value is -1.35. The predicted molar refractivity (Wildman–Crippen MR) is 68.9 cm³/mol. The van der Waals surface area contributed by atoms with E-state index in [2.05, 4.69) is 38.2 Å². The van der Waals surface area contributed by atoms with Crippen LogP contribution in [0.4, 0.5) is 0 Å². The highest BCUT2D eigenvalue weighted by atomic mass is 16.5. The van der Waals surface area contributed by atoms with E-state index >= 15 is 0 Å². The molecule has 3 heteroatoms. The molecule has 17 heavy (non-hydrogen) atoms. The van der Waals surface area contributed by atoms with Crippen LogP contribution in [0.3, 0.4) is 0 Å². The predicted octanol–water partition coefficient (Wildman–Crippen LogP) is 2.25. The molecule has 0 aromatic heterocycles. The molecular weight excluding hydrogens is 214 g/mol. The molecule has 0 aliphatic heterocycles. The van der Waals surface area contributed by atoms with Gasteiger partial charge in [-0.25, -0.2) is 0 Å². The molecule has 0 saturated heterocycles. The summed E-state index contributed by atoms with van der Waals surface area (Å²) in [5.41, 5.74) is 2.52. The zero-order valence-corrected chi connectivity index (χ0v) is 11.0. The lowest BCUT2D eigenvalue weighted by Gasteiger charge is -2.19. The third-order valence-electron chi connectivity index (χ3n) is 2.56. The molecule has 0 spiro atoms. The first-order valence-corrected chi connectivity index (χ1v) is 5.78. The quantitative estimate of drug-likeness (QED) is 0.869. The fraction of sp³-hybridized carbons (Fsp3) is 0.500. The van der Waals surface area contributed by atoms with Gasteiger partial charge < -0.3 is 10.1 Å². The van der Waals surface area contributed by atoms with Gasteiger partial charge in [-0.15, -0.1) is 0 Å². The van der Waals surface area contributed by atoms with Gasteiger partial charge in [0.25, 0.3) is 0 Å². The van der Waals surface area contributed by atoms with Gasteiger partial charge in [-0.3, -0.25) is 4.79 Å². The summed E-state index contributed by atoms with van der Waals surface area (Å²) in [6.45, 7) is 7.19. The fourth-order valence-corrected chi connectivity index (χ4v) is 1.53. The van der Waals surface area contributed by atoms with Gasteiger partial charge in [0.05, 0.1) is 0 Å². The Morgan fingerprint density at radius 2 is 2.06 bits per heavy atom. The molecule has 1 N–H and O–H groups in total. The van der Waals surface area contributed by atoms with Crippen LogP contribution in [-0.4, -0.2) is 19.6 Å². The average Bonchev–Trinajstić information content (AvgIpc) is 2.26. The Balaban J connectivity index is 2.64. The molecule has 0 saturated carbocycles. The van der Waals surface area contributed by atoms with Crippen LogP contribution in [0.25, 0.3) is 0 Å². The molecule has 0 unspecified atom stereocenters. The SMILES string of the molecule is COCC(=O)NCc1cccc(C(C)(C)C)c1. The summed E-state index contributed by atoms with van der Waals surface area (Å²) < 4.78 is 4.76. The lowest BCUT2D eigenvalue weighted by molar-refractivity contribution is -0.124. The second-order valence-electron chi connectivity index (χ2n) is 5.16. The number of carbonyl (C=O) groups excluding carboxylic acids is 1. The van der Waals surface area contributed by atoms with E-state index in [0.717, 1.165) is 5.56 Å². The Morgan fingerprint density at radius 3 is 2.65 bits per heavy atom. The Bertz CT molecular complexity index is 380. The van der Waals surface area contributed by atoms with Gasteiger partial charge in [0.2, 0.25) is 5.91 Å². The Morgan fingerprint density at radius 1 is 1.35 bits per heavy atom. The molecule has 0 fully saturated rings. The van der Waals surface area contributed by atoms with Gasteiger partial charge in [0.1, 0.15) is 6.61 Å². The molecule has 94 valence electrons. The van der Waals surface area contributed by atoms with E-state index in [4.69, 9.17) is 4.74 Å². The van der Waals surface area contributed by atoms with Gasteiger partial charge in [-0.05, 0) is 16.5 Å². The first-order chi connectivity index (χ1) is 7.93. The largest absolute Gasteiger partial charge is 0.375 e. The normalized spacial score (nSPS) is 11.3. The topological polar surface area (TPSA) is 38.3 Å². The minimum atomic E-state index is -0.0892. The molecule has 3 nitrogen and oxygen atoms in total. The first-order valence-electron chi connectivity index (χ1n) is 5.78. The van der Waals surface area contributed by atoms with Crippen LogP contribution in [0, 0.1) is 0 Å². The van der Waals surface area contributed by atoms with E-state index in [1.165, 1.54) is 12.7 Å². The highest BCUT2D eigenvalue weighted by Crippen LogP contribution is 2.22. The molecular formula is C14H21NO2. The van der Waals surface area contributed by atoms with Crippen molar-refractivity contribution in [2.24, 2.45) is 0 Å². The third kappa shape index (κ3) is 4.57. The highest BCUT2D eigenvalue weighted by Gasteiger charge is 2.13. The maximum absolute atomic E-state index is 11.3. The van der Waals surface area contributed by atoms with E-state index in [9.17, 15) is 4.79 Å². The van der Waals surface area contributed by atoms with Crippen LogP contribution >= 0.6 is 0 Å². The van der Waals surface area contributed by atoms with E-state index in [1.54, 1.807) is 0 Å². The number of hydrogen-bond donors (Lipinski definition) is 1. The van der Waals surface area contributed by atoms with E-state index in [0.29, 0.717) is 6.54 Å².